The fourth-order valence-electron chi connectivity index (χ4n) is 5.55. The molecule has 0 bridgehead atoms. The van der Waals surface area contributed by atoms with Crippen molar-refractivity contribution in [1.82, 2.24) is 9.47 Å². The first-order valence-electron chi connectivity index (χ1n) is 12.0. The van der Waals surface area contributed by atoms with E-state index in [9.17, 15) is 22.8 Å². The van der Waals surface area contributed by atoms with Crippen molar-refractivity contribution in [1.29, 1.82) is 0 Å². The number of benzene rings is 2. The summed E-state index contributed by atoms with van der Waals surface area (Å²) in [6, 6.07) is 7.31. The second-order valence-corrected chi connectivity index (χ2v) is 10.6. The van der Waals surface area contributed by atoms with Crippen molar-refractivity contribution in [2.45, 2.75) is 26.4 Å². The number of piperidine rings is 1. The molecule has 1 saturated heterocycles. The fraction of sp³-hybridized carbons (Fsp3) is 0.407. The number of fused-ring (bicyclic) bond motifs is 2. The number of nitrogens with zero attached hydrogens (tertiary/aromatic N) is 2. The molecular formula is C27H25Cl2F3N2O3. The molecule has 10 heteroatoms. The van der Waals surface area contributed by atoms with Gasteiger partial charge in [0.15, 0.2) is 0 Å². The van der Waals surface area contributed by atoms with Crippen molar-refractivity contribution in [3.63, 3.8) is 0 Å². The molecule has 1 saturated carbocycles. The average Bonchev–Trinajstić information content (AvgIpc) is 3.15. The Morgan fingerprint density at radius 1 is 1.11 bits per heavy atom. The monoisotopic (exact) mass is 552 g/mol. The summed E-state index contributed by atoms with van der Waals surface area (Å²) in [4.78, 5) is 27.0. The van der Waals surface area contributed by atoms with E-state index in [1.54, 1.807) is 42.5 Å². The number of hydrogen-bond donors (Lipinski definition) is 0. The van der Waals surface area contributed by atoms with Crippen LogP contribution >= 0.6 is 23.2 Å². The number of esters is 1. The molecule has 1 aliphatic heterocycles. The van der Waals surface area contributed by atoms with E-state index in [4.69, 9.17) is 27.9 Å². The smallest absolute Gasteiger partial charge is 0.416 e. The molecule has 1 aromatic heterocycles. The minimum atomic E-state index is -4.45. The standard InChI is InChI=1S/C27H25Cl2F3N2O3/c1-4-37-26(36)23-19-11-34(12-20(19)23)25(35)16-5-6-21(28)18(24(16)29)10-15-9-17-13(2)7-14(27(30,31)32)8-22(17)33(15)3/h5-9,19-20,23H,4,10-12H2,1-3H3/t19-,20+,23?. The summed E-state index contributed by atoms with van der Waals surface area (Å²) in [5.74, 6) is -0.374. The van der Waals surface area contributed by atoms with Gasteiger partial charge < -0.3 is 14.2 Å². The highest BCUT2D eigenvalue weighted by Gasteiger charge is 2.61. The molecule has 2 heterocycles. The highest BCUT2D eigenvalue weighted by Crippen LogP contribution is 2.52. The molecule has 1 aliphatic carbocycles. The van der Waals surface area contributed by atoms with Gasteiger partial charge in [-0.05, 0) is 67.1 Å². The molecule has 0 N–H and O–H groups in total. The van der Waals surface area contributed by atoms with Gasteiger partial charge in [0.25, 0.3) is 5.91 Å². The minimum absolute atomic E-state index is 0.106. The van der Waals surface area contributed by atoms with Crippen LogP contribution in [-0.4, -0.2) is 41.0 Å². The van der Waals surface area contributed by atoms with E-state index in [0.717, 1.165) is 12.1 Å². The highest BCUT2D eigenvalue weighted by molar-refractivity contribution is 6.38. The number of likely N-dealkylation sites (tertiary alicyclic amines) is 1. The number of ether oxygens (including phenoxy) is 1. The van der Waals surface area contributed by atoms with E-state index in [1.807, 2.05) is 6.07 Å². The maximum atomic E-state index is 13.4. The van der Waals surface area contributed by atoms with Crippen LogP contribution in [0.2, 0.25) is 10.0 Å². The molecule has 3 aromatic rings. The molecule has 5 rings (SSSR count). The van der Waals surface area contributed by atoms with Crippen molar-refractivity contribution in [3.05, 3.63) is 68.3 Å². The van der Waals surface area contributed by atoms with Gasteiger partial charge in [0.2, 0.25) is 0 Å². The number of aryl methyl sites for hydroxylation is 2. The molecule has 3 atom stereocenters. The molecule has 0 radical (unpaired) electrons. The van der Waals surface area contributed by atoms with Crippen LogP contribution in [0, 0.1) is 24.7 Å². The molecule has 2 aliphatic rings. The molecular weight excluding hydrogens is 528 g/mol. The van der Waals surface area contributed by atoms with E-state index in [0.29, 0.717) is 58.0 Å². The van der Waals surface area contributed by atoms with Gasteiger partial charge in [0, 0.05) is 48.2 Å². The van der Waals surface area contributed by atoms with Crippen molar-refractivity contribution < 1.29 is 27.5 Å². The Kier molecular flexibility index (Phi) is 6.47. The van der Waals surface area contributed by atoms with E-state index in [2.05, 4.69) is 0 Å². The number of halogens is 5. The van der Waals surface area contributed by atoms with Crippen LogP contribution in [0.4, 0.5) is 13.2 Å². The van der Waals surface area contributed by atoms with E-state index < -0.39 is 11.7 Å². The molecule has 0 spiro atoms. The summed E-state index contributed by atoms with van der Waals surface area (Å²) in [7, 11) is 1.70. The number of alkyl halides is 3. The zero-order valence-electron chi connectivity index (χ0n) is 20.5. The summed E-state index contributed by atoms with van der Waals surface area (Å²) < 4.78 is 46.9. The predicted molar refractivity (Wildman–Crippen MR) is 135 cm³/mol. The summed E-state index contributed by atoms with van der Waals surface area (Å²) >= 11 is 13.2. The summed E-state index contributed by atoms with van der Waals surface area (Å²) in [5.41, 5.74) is 1.82. The maximum Gasteiger partial charge on any atom is 0.416 e. The molecule has 1 amide bonds. The first-order chi connectivity index (χ1) is 17.4. The Hall–Kier alpha value is -2.71. The largest absolute Gasteiger partial charge is 0.466 e. The van der Waals surface area contributed by atoms with Gasteiger partial charge in [-0.15, -0.1) is 0 Å². The number of carbonyl (C=O) groups is 2. The van der Waals surface area contributed by atoms with Gasteiger partial charge in [0.1, 0.15) is 0 Å². The molecule has 2 aromatic carbocycles. The Morgan fingerprint density at radius 2 is 1.78 bits per heavy atom. The summed E-state index contributed by atoms with van der Waals surface area (Å²) in [6.45, 7) is 4.68. The topological polar surface area (TPSA) is 51.5 Å². The van der Waals surface area contributed by atoms with Crippen LogP contribution in [0.5, 0.6) is 0 Å². The van der Waals surface area contributed by atoms with Crippen molar-refractivity contribution in [3.8, 4) is 0 Å². The molecule has 37 heavy (non-hydrogen) atoms. The van der Waals surface area contributed by atoms with Crippen LogP contribution in [0.3, 0.4) is 0 Å². The molecule has 1 unspecified atom stereocenters. The normalized spacial score (nSPS) is 20.9. The number of hydrogen-bond acceptors (Lipinski definition) is 3. The van der Waals surface area contributed by atoms with E-state index in [1.165, 1.54) is 0 Å². The zero-order valence-corrected chi connectivity index (χ0v) is 22.0. The third kappa shape index (κ3) is 4.48. The third-order valence-corrected chi connectivity index (χ3v) is 8.40. The van der Waals surface area contributed by atoms with Crippen LogP contribution in [0.1, 0.15) is 39.7 Å². The summed E-state index contributed by atoms with van der Waals surface area (Å²) in [5, 5.41) is 1.29. The first-order valence-corrected chi connectivity index (χ1v) is 12.8. The predicted octanol–water partition coefficient (Wildman–Crippen LogP) is 6.28. The van der Waals surface area contributed by atoms with Gasteiger partial charge in [0.05, 0.1) is 28.7 Å². The highest BCUT2D eigenvalue weighted by atomic mass is 35.5. The maximum absolute atomic E-state index is 13.4. The average molecular weight is 553 g/mol. The van der Waals surface area contributed by atoms with Crippen LogP contribution in [0.25, 0.3) is 10.9 Å². The lowest BCUT2D eigenvalue weighted by Crippen LogP contribution is -2.33. The molecule has 5 nitrogen and oxygen atoms in total. The zero-order chi connectivity index (χ0) is 26.8. The third-order valence-electron chi connectivity index (χ3n) is 7.61. The Labute approximate surface area is 222 Å². The first kappa shape index (κ1) is 25.9. The minimum Gasteiger partial charge on any atom is -0.466 e. The van der Waals surface area contributed by atoms with Gasteiger partial charge in [-0.25, -0.2) is 0 Å². The lowest BCUT2D eigenvalue weighted by atomic mass is 10.0. The Balaban J connectivity index is 1.40. The quantitative estimate of drug-likeness (QED) is 0.350. The number of rotatable bonds is 5. The number of aromatic nitrogens is 1. The Bertz CT molecular complexity index is 1420. The summed E-state index contributed by atoms with van der Waals surface area (Å²) in [6.07, 6.45) is -4.21. The van der Waals surface area contributed by atoms with Crippen LogP contribution < -0.4 is 0 Å². The van der Waals surface area contributed by atoms with Crippen molar-refractivity contribution >= 4 is 46.0 Å². The van der Waals surface area contributed by atoms with Gasteiger partial charge in [-0.1, -0.05) is 23.2 Å². The number of carbonyl (C=O) groups excluding carboxylic acids is 2. The van der Waals surface area contributed by atoms with Gasteiger partial charge in [-0.2, -0.15) is 13.2 Å². The van der Waals surface area contributed by atoms with Crippen molar-refractivity contribution in [2.75, 3.05) is 19.7 Å². The molecule has 196 valence electrons. The van der Waals surface area contributed by atoms with Gasteiger partial charge in [-0.3, -0.25) is 9.59 Å². The van der Waals surface area contributed by atoms with Crippen molar-refractivity contribution in [2.24, 2.45) is 24.8 Å². The van der Waals surface area contributed by atoms with Gasteiger partial charge >= 0.3 is 12.1 Å². The SMILES string of the molecule is CCOC(=O)C1[C@H]2CN(C(=O)c3ccc(Cl)c(Cc4cc5c(C)cc(C(F)(F)F)cc5n4C)c3Cl)C[C@@H]12. The number of amides is 1. The van der Waals surface area contributed by atoms with Crippen LogP contribution in [0.15, 0.2) is 30.3 Å². The Morgan fingerprint density at radius 3 is 2.41 bits per heavy atom. The second-order valence-electron chi connectivity index (χ2n) is 9.80. The van der Waals surface area contributed by atoms with E-state index >= 15 is 0 Å². The van der Waals surface area contributed by atoms with E-state index in [-0.39, 0.29) is 41.1 Å². The lowest BCUT2D eigenvalue weighted by molar-refractivity contribution is -0.145. The lowest BCUT2D eigenvalue weighted by Gasteiger charge is -2.21. The second kappa shape index (κ2) is 9.24. The van der Waals surface area contributed by atoms with Crippen LogP contribution in [-0.2, 0) is 29.2 Å². The molecule has 2 fully saturated rings. The fourth-order valence-corrected chi connectivity index (χ4v) is 6.14.